The van der Waals surface area contributed by atoms with Gasteiger partial charge in [0.25, 0.3) is 0 Å². The van der Waals surface area contributed by atoms with Gasteiger partial charge in [-0.05, 0) is 61.2 Å². The molecule has 3 aromatic rings. The molecule has 43 heavy (non-hydrogen) atoms. The number of hydrogen-bond acceptors (Lipinski definition) is 5. The van der Waals surface area contributed by atoms with Crippen LogP contribution in [-0.4, -0.2) is 53.7 Å². The number of alkyl halides is 3. The summed E-state index contributed by atoms with van der Waals surface area (Å²) in [6, 6.07) is 17.4. The second-order valence-corrected chi connectivity index (χ2v) is 12.3. The van der Waals surface area contributed by atoms with Crippen LogP contribution in [0.25, 0.3) is 0 Å². The minimum atomic E-state index is -4.77. The number of carbonyl (C=O) groups excluding carboxylic acids is 2. The molecule has 3 N–H and O–H groups in total. The molecule has 1 aliphatic rings. The lowest BCUT2D eigenvalue weighted by atomic mass is 9.97. The summed E-state index contributed by atoms with van der Waals surface area (Å²) in [5.41, 5.74) is -1.01. The fraction of sp³-hybridized carbons (Fsp3) is 0.300. The number of nitrogens with one attached hydrogen (secondary N) is 2. The van der Waals surface area contributed by atoms with Crippen molar-refractivity contribution in [1.82, 2.24) is 9.62 Å². The predicted octanol–water partition coefficient (Wildman–Crippen LogP) is 4.24. The molecule has 3 aromatic carbocycles. The van der Waals surface area contributed by atoms with Crippen molar-refractivity contribution in [2.75, 3.05) is 11.9 Å². The minimum absolute atomic E-state index is 0.0424. The third-order valence-corrected chi connectivity index (χ3v) is 9.32. The minimum Gasteiger partial charge on any atom is -0.480 e. The Kier molecular flexibility index (Phi) is 9.26. The van der Waals surface area contributed by atoms with Crippen molar-refractivity contribution in [3.63, 3.8) is 0 Å². The van der Waals surface area contributed by atoms with E-state index in [1.807, 2.05) is 30.3 Å². The maximum absolute atomic E-state index is 13.4. The summed E-state index contributed by atoms with van der Waals surface area (Å²) in [6.45, 7) is 1.20. The molecule has 1 fully saturated rings. The van der Waals surface area contributed by atoms with Crippen molar-refractivity contribution in [2.24, 2.45) is 0 Å². The van der Waals surface area contributed by atoms with E-state index in [4.69, 9.17) is 0 Å². The van der Waals surface area contributed by atoms with E-state index in [0.29, 0.717) is 17.3 Å². The van der Waals surface area contributed by atoms with Gasteiger partial charge in [0, 0.05) is 18.7 Å². The third-order valence-electron chi connectivity index (χ3n) is 7.30. The van der Waals surface area contributed by atoms with Crippen LogP contribution in [0.1, 0.15) is 36.5 Å². The van der Waals surface area contributed by atoms with Gasteiger partial charge in [0.05, 0.1) is 16.9 Å². The smallest absolute Gasteiger partial charge is 0.416 e. The Labute approximate surface area is 246 Å². The fourth-order valence-corrected chi connectivity index (χ4v) is 6.83. The van der Waals surface area contributed by atoms with Gasteiger partial charge in [-0.15, -0.1) is 0 Å². The van der Waals surface area contributed by atoms with Crippen LogP contribution in [0.3, 0.4) is 0 Å². The van der Waals surface area contributed by atoms with Gasteiger partial charge in [0.2, 0.25) is 21.8 Å². The topological polar surface area (TPSA) is 133 Å². The average Bonchev–Trinajstić information content (AvgIpc) is 3.37. The number of sulfonamides is 1. The lowest BCUT2D eigenvalue weighted by molar-refractivity contribution is -0.143. The molecule has 1 heterocycles. The van der Waals surface area contributed by atoms with Gasteiger partial charge in [0.15, 0.2) is 0 Å². The average molecular weight is 618 g/mol. The van der Waals surface area contributed by atoms with E-state index in [2.05, 4.69) is 10.6 Å². The van der Waals surface area contributed by atoms with Crippen molar-refractivity contribution in [3.8, 4) is 0 Å². The van der Waals surface area contributed by atoms with Gasteiger partial charge >= 0.3 is 12.1 Å². The summed E-state index contributed by atoms with van der Waals surface area (Å²) in [5, 5.41) is 15.0. The Hall–Kier alpha value is -4.23. The molecule has 4 rings (SSSR count). The van der Waals surface area contributed by atoms with E-state index in [1.54, 1.807) is 24.3 Å². The zero-order valence-electron chi connectivity index (χ0n) is 23.1. The summed E-state index contributed by atoms with van der Waals surface area (Å²) in [6.07, 6.45) is -4.44. The number of carboxylic acid groups (broad SMARTS) is 1. The van der Waals surface area contributed by atoms with Gasteiger partial charge in [-0.3, -0.25) is 9.59 Å². The molecule has 228 valence electrons. The Balaban J connectivity index is 1.45. The normalized spacial score (nSPS) is 18.1. The molecule has 0 radical (unpaired) electrons. The Morgan fingerprint density at radius 2 is 1.65 bits per heavy atom. The molecule has 0 saturated carbocycles. The summed E-state index contributed by atoms with van der Waals surface area (Å²) in [4.78, 5) is 37.2. The van der Waals surface area contributed by atoms with Crippen LogP contribution in [0, 0.1) is 0 Å². The molecule has 9 nitrogen and oxygen atoms in total. The zero-order valence-corrected chi connectivity index (χ0v) is 23.9. The highest BCUT2D eigenvalue weighted by molar-refractivity contribution is 7.89. The standard InChI is InChI=1S/C30H30F3N3O6S/c1-29(15-6-16-36(29)43(41,42)24-10-5-9-22(19-24)30(31,32)33)28(40)35-25(27(38)39)17-21-11-13-23(14-12-21)34-26(37)18-20-7-3-2-4-8-20/h2-5,7-14,19,25H,6,15-18H2,1H3,(H,34,37)(H,35,40)(H,38,39)/t25?,29-/m0/s1. The third kappa shape index (κ3) is 7.41. The van der Waals surface area contributed by atoms with Crippen molar-refractivity contribution >= 4 is 33.5 Å². The van der Waals surface area contributed by atoms with Gasteiger partial charge in [0.1, 0.15) is 11.6 Å². The Bertz CT molecular complexity index is 1600. The first-order valence-corrected chi connectivity index (χ1v) is 14.8. The fourth-order valence-electron chi connectivity index (χ4n) is 4.97. The van der Waals surface area contributed by atoms with E-state index >= 15 is 0 Å². The highest BCUT2D eigenvalue weighted by Gasteiger charge is 2.50. The van der Waals surface area contributed by atoms with Crippen LogP contribution in [0.5, 0.6) is 0 Å². The number of hydrogen-bond donors (Lipinski definition) is 3. The number of anilines is 1. The number of carboxylic acids is 1. The van der Waals surface area contributed by atoms with Crippen LogP contribution in [0.15, 0.2) is 83.8 Å². The summed E-state index contributed by atoms with van der Waals surface area (Å²) in [5.74, 6) is -2.47. The number of carbonyl (C=O) groups is 3. The molecular weight excluding hydrogens is 587 g/mol. The maximum Gasteiger partial charge on any atom is 0.416 e. The van der Waals surface area contributed by atoms with E-state index in [-0.39, 0.29) is 38.1 Å². The number of nitrogens with zero attached hydrogens (tertiary/aromatic N) is 1. The van der Waals surface area contributed by atoms with Crippen molar-refractivity contribution < 1.29 is 41.1 Å². The van der Waals surface area contributed by atoms with Crippen LogP contribution >= 0.6 is 0 Å². The van der Waals surface area contributed by atoms with Crippen LogP contribution in [0.2, 0.25) is 0 Å². The van der Waals surface area contributed by atoms with Gasteiger partial charge in [-0.2, -0.15) is 17.5 Å². The van der Waals surface area contributed by atoms with Crippen molar-refractivity contribution in [1.29, 1.82) is 0 Å². The molecule has 1 saturated heterocycles. The molecule has 2 atom stereocenters. The molecule has 0 bridgehead atoms. The van der Waals surface area contributed by atoms with Gasteiger partial charge < -0.3 is 15.7 Å². The summed E-state index contributed by atoms with van der Waals surface area (Å²) >= 11 is 0. The Morgan fingerprint density at radius 3 is 2.28 bits per heavy atom. The molecule has 0 aliphatic carbocycles. The zero-order chi connectivity index (χ0) is 31.4. The molecular formula is C30H30F3N3O6S. The van der Waals surface area contributed by atoms with Gasteiger partial charge in [-0.1, -0.05) is 48.5 Å². The molecule has 13 heteroatoms. The first-order chi connectivity index (χ1) is 20.2. The second-order valence-electron chi connectivity index (χ2n) is 10.5. The molecule has 0 aromatic heterocycles. The summed E-state index contributed by atoms with van der Waals surface area (Å²) in [7, 11) is -4.53. The highest BCUT2D eigenvalue weighted by Crippen LogP contribution is 2.37. The maximum atomic E-state index is 13.4. The van der Waals surface area contributed by atoms with E-state index in [1.165, 1.54) is 6.92 Å². The van der Waals surface area contributed by atoms with E-state index in [9.17, 15) is 41.1 Å². The molecule has 2 amide bonds. The number of rotatable bonds is 10. The number of amides is 2. The van der Waals surface area contributed by atoms with Gasteiger partial charge in [-0.25, -0.2) is 13.2 Å². The highest BCUT2D eigenvalue weighted by atomic mass is 32.2. The molecule has 1 aliphatic heterocycles. The lowest BCUT2D eigenvalue weighted by Crippen LogP contribution is -2.58. The number of aliphatic carboxylic acids is 1. The molecule has 0 spiro atoms. The summed E-state index contributed by atoms with van der Waals surface area (Å²) < 4.78 is 67.3. The SMILES string of the molecule is C[C@@]1(C(=O)NC(Cc2ccc(NC(=O)Cc3ccccc3)cc2)C(=O)O)CCCN1S(=O)(=O)c1cccc(C(F)(F)F)c1. The second kappa shape index (κ2) is 12.6. The number of benzene rings is 3. The lowest BCUT2D eigenvalue weighted by Gasteiger charge is -2.34. The van der Waals surface area contributed by atoms with Crippen LogP contribution in [-0.2, 0) is 43.4 Å². The van der Waals surface area contributed by atoms with Crippen LogP contribution in [0.4, 0.5) is 18.9 Å². The van der Waals surface area contributed by atoms with E-state index < -0.39 is 50.1 Å². The van der Waals surface area contributed by atoms with E-state index in [0.717, 1.165) is 28.1 Å². The first kappa shape index (κ1) is 31.7. The van der Waals surface area contributed by atoms with Crippen molar-refractivity contribution in [3.05, 3.63) is 95.6 Å². The predicted molar refractivity (Wildman–Crippen MR) is 151 cm³/mol. The Morgan fingerprint density at radius 1 is 0.977 bits per heavy atom. The quantitative estimate of drug-likeness (QED) is 0.312. The molecule has 1 unspecified atom stereocenters. The monoisotopic (exact) mass is 617 g/mol. The van der Waals surface area contributed by atoms with Crippen molar-refractivity contribution in [2.45, 2.75) is 55.3 Å². The largest absolute Gasteiger partial charge is 0.480 e. The first-order valence-electron chi connectivity index (χ1n) is 13.4. The number of halogens is 3. The van der Waals surface area contributed by atoms with Crippen LogP contribution < -0.4 is 10.6 Å².